The van der Waals surface area contributed by atoms with Gasteiger partial charge in [0.2, 0.25) is 0 Å². The van der Waals surface area contributed by atoms with Gasteiger partial charge in [-0.2, -0.15) is 0 Å². The van der Waals surface area contributed by atoms with Crippen molar-refractivity contribution in [3.63, 3.8) is 0 Å². The van der Waals surface area contributed by atoms with Gasteiger partial charge >= 0.3 is 0 Å². The fraction of sp³-hybridized carbons (Fsp3) is 0.200. The van der Waals surface area contributed by atoms with E-state index in [9.17, 15) is 4.79 Å². The van der Waals surface area contributed by atoms with Gasteiger partial charge in [0.1, 0.15) is 5.69 Å². The number of likely N-dealkylation sites (N-methyl/N-ethyl adjacent to an activating group) is 1. The first-order valence-corrected chi connectivity index (χ1v) is 7.33. The Hall–Kier alpha value is -2.14. The summed E-state index contributed by atoms with van der Waals surface area (Å²) in [4.78, 5) is 18.7. The van der Waals surface area contributed by atoms with E-state index in [1.165, 1.54) is 16.9 Å². The smallest absolute Gasteiger partial charge is 0.196 e. The van der Waals surface area contributed by atoms with Crippen molar-refractivity contribution in [3.05, 3.63) is 53.2 Å². The average Bonchev–Trinajstić information content (AvgIpc) is 3.06. The first kappa shape index (κ1) is 12.9. The van der Waals surface area contributed by atoms with Crippen LogP contribution in [0.3, 0.4) is 0 Å². The van der Waals surface area contributed by atoms with E-state index in [0.29, 0.717) is 5.69 Å². The zero-order valence-electron chi connectivity index (χ0n) is 11.2. The van der Waals surface area contributed by atoms with Gasteiger partial charge in [0, 0.05) is 25.2 Å². The number of carbonyl (C=O) groups excluding carboxylic acids is 1. The maximum absolute atomic E-state index is 11.3. The van der Waals surface area contributed by atoms with Gasteiger partial charge in [-0.1, -0.05) is 30.3 Å². The van der Waals surface area contributed by atoms with Gasteiger partial charge in [-0.05, 0) is 12.0 Å². The Bertz CT molecular complexity index is 717. The van der Waals surface area contributed by atoms with Crippen molar-refractivity contribution in [3.8, 4) is 0 Å². The fourth-order valence-corrected chi connectivity index (χ4v) is 2.95. The van der Waals surface area contributed by atoms with Crippen LogP contribution in [0.1, 0.15) is 16.1 Å². The van der Waals surface area contributed by atoms with Gasteiger partial charge in [0.25, 0.3) is 0 Å². The highest BCUT2D eigenvalue weighted by atomic mass is 32.1. The SMILES string of the molecule is CN(CCc1ccccc1)c1nc2sccn2c1C=O. The van der Waals surface area contributed by atoms with Crippen LogP contribution in [0.4, 0.5) is 5.82 Å². The van der Waals surface area contributed by atoms with E-state index in [4.69, 9.17) is 0 Å². The molecular formula is C15H15N3OS. The molecule has 0 atom stereocenters. The molecule has 4 nitrogen and oxygen atoms in total. The minimum atomic E-state index is 0.622. The van der Waals surface area contributed by atoms with Gasteiger partial charge in [-0.3, -0.25) is 9.20 Å². The molecule has 0 spiro atoms. The number of thiazole rings is 1. The van der Waals surface area contributed by atoms with Gasteiger partial charge in [-0.15, -0.1) is 11.3 Å². The molecule has 3 rings (SSSR count). The second-order valence-corrected chi connectivity index (χ2v) is 5.52. The van der Waals surface area contributed by atoms with Gasteiger partial charge in [0.15, 0.2) is 17.1 Å². The lowest BCUT2D eigenvalue weighted by molar-refractivity contribution is 0.111. The Kier molecular flexibility index (Phi) is 3.52. The Morgan fingerprint density at radius 1 is 1.35 bits per heavy atom. The summed E-state index contributed by atoms with van der Waals surface area (Å²) in [5, 5.41) is 1.93. The van der Waals surface area contributed by atoms with Crippen LogP contribution < -0.4 is 4.90 Å². The number of hydrogen-bond donors (Lipinski definition) is 0. The number of rotatable bonds is 5. The van der Waals surface area contributed by atoms with Crippen LogP contribution >= 0.6 is 11.3 Å². The second kappa shape index (κ2) is 5.46. The summed E-state index contributed by atoms with van der Waals surface area (Å²) in [6.45, 7) is 0.829. The molecular weight excluding hydrogens is 270 g/mol. The first-order chi connectivity index (χ1) is 9.79. The van der Waals surface area contributed by atoms with E-state index in [0.717, 1.165) is 30.0 Å². The summed E-state index contributed by atoms with van der Waals surface area (Å²) in [5.74, 6) is 0.753. The van der Waals surface area contributed by atoms with Crippen molar-refractivity contribution in [1.29, 1.82) is 0 Å². The summed E-state index contributed by atoms with van der Waals surface area (Å²) < 4.78 is 1.84. The maximum Gasteiger partial charge on any atom is 0.196 e. The van der Waals surface area contributed by atoms with Crippen LogP contribution in [-0.4, -0.2) is 29.3 Å². The molecule has 0 N–H and O–H groups in total. The van der Waals surface area contributed by atoms with Crippen molar-refractivity contribution in [2.24, 2.45) is 0 Å². The molecule has 102 valence electrons. The van der Waals surface area contributed by atoms with Crippen LogP contribution in [0.15, 0.2) is 41.9 Å². The zero-order valence-corrected chi connectivity index (χ0v) is 12.0. The van der Waals surface area contributed by atoms with Gasteiger partial charge in [0.05, 0.1) is 0 Å². The summed E-state index contributed by atoms with van der Waals surface area (Å²) in [6, 6.07) is 10.3. The normalized spacial score (nSPS) is 10.8. The molecule has 0 amide bonds. The van der Waals surface area contributed by atoms with Crippen molar-refractivity contribution in [1.82, 2.24) is 9.38 Å². The quantitative estimate of drug-likeness (QED) is 0.676. The van der Waals surface area contributed by atoms with Crippen molar-refractivity contribution < 1.29 is 4.79 Å². The number of imidazole rings is 1. The third kappa shape index (κ3) is 2.32. The van der Waals surface area contributed by atoms with E-state index < -0.39 is 0 Å². The number of carbonyl (C=O) groups is 1. The van der Waals surface area contributed by atoms with Crippen LogP contribution in [-0.2, 0) is 6.42 Å². The summed E-state index contributed by atoms with van der Waals surface area (Å²) >= 11 is 1.54. The number of fused-ring (bicyclic) bond motifs is 1. The first-order valence-electron chi connectivity index (χ1n) is 6.45. The molecule has 2 heterocycles. The van der Waals surface area contributed by atoms with E-state index >= 15 is 0 Å². The van der Waals surface area contributed by atoms with Crippen molar-refractivity contribution in [2.45, 2.75) is 6.42 Å². The van der Waals surface area contributed by atoms with Crippen LogP contribution in [0, 0.1) is 0 Å². The highest BCUT2D eigenvalue weighted by Crippen LogP contribution is 2.22. The molecule has 20 heavy (non-hydrogen) atoms. The lowest BCUT2D eigenvalue weighted by Gasteiger charge is -2.17. The molecule has 0 bridgehead atoms. The highest BCUT2D eigenvalue weighted by Gasteiger charge is 2.15. The van der Waals surface area contributed by atoms with Gasteiger partial charge < -0.3 is 4.90 Å². The molecule has 0 aliphatic heterocycles. The van der Waals surface area contributed by atoms with Crippen LogP contribution in [0.5, 0.6) is 0 Å². The molecule has 0 saturated heterocycles. The van der Waals surface area contributed by atoms with Crippen molar-refractivity contribution in [2.75, 3.05) is 18.5 Å². The van der Waals surface area contributed by atoms with E-state index in [2.05, 4.69) is 17.1 Å². The third-order valence-corrected chi connectivity index (χ3v) is 4.09. The van der Waals surface area contributed by atoms with Crippen molar-refractivity contribution >= 4 is 28.4 Å². The number of nitrogens with zero attached hydrogens (tertiary/aromatic N) is 3. The highest BCUT2D eigenvalue weighted by molar-refractivity contribution is 7.15. The number of anilines is 1. The Morgan fingerprint density at radius 3 is 2.90 bits per heavy atom. The maximum atomic E-state index is 11.3. The van der Waals surface area contributed by atoms with Crippen LogP contribution in [0.2, 0.25) is 0 Å². The minimum absolute atomic E-state index is 0.622. The second-order valence-electron chi connectivity index (χ2n) is 4.65. The number of hydrogen-bond acceptors (Lipinski definition) is 4. The molecule has 2 aromatic heterocycles. The molecule has 3 aromatic rings. The molecule has 1 aromatic carbocycles. The van der Waals surface area contributed by atoms with Crippen LogP contribution in [0.25, 0.3) is 4.96 Å². The molecule has 0 aliphatic rings. The standard InChI is InChI=1S/C15H15N3OS/c1-17(8-7-12-5-3-2-4-6-12)14-13(11-19)18-9-10-20-15(18)16-14/h2-6,9-11H,7-8H2,1H3. The predicted octanol–water partition coefficient (Wildman–Crippen LogP) is 2.89. The van der Waals surface area contributed by atoms with E-state index in [-0.39, 0.29) is 0 Å². The molecule has 5 heteroatoms. The zero-order chi connectivity index (χ0) is 13.9. The molecule has 0 fully saturated rings. The Labute approximate surface area is 121 Å². The Balaban J connectivity index is 1.80. The largest absolute Gasteiger partial charge is 0.357 e. The lowest BCUT2D eigenvalue weighted by Crippen LogP contribution is -2.22. The summed E-state index contributed by atoms with van der Waals surface area (Å²) in [7, 11) is 1.97. The number of aromatic nitrogens is 2. The van der Waals surface area contributed by atoms with E-state index in [1.807, 2.05) is 46.1 Å². The molecule has 0 radical (unpaired) electrons. The molecule has 0 unspecified atom stereocenters. The van der Waals surface area contributed by atoms with Gasteiger partial charge in [-0.25, -0.2) is 4.98 Å². The minimum Gasteiger partial charge on any atom is -0.357 e. The number of benzene rings is 1. The molecule has 0 saturated carbocycles. The topological polar surface area (TPSA) is 37.6 Å². The Morgan fingerprint density at radius 2 is 2.15 bits per heavy atom. The summed E-state index contributed by atoms with van der Waals surface area (Å²) in [5.41, 5.74) is 1.91. The third-order valence-electron chi connectivity index (χ3n) is 3.33. The van der Waals surface area contributed by atoms with E-state index in [1.54, 1.807) is 0 Å². The number of aldehydes is 1. The molecule has 0 aliphatic carbocycles. The average molecular weight is 285 g/mol. The fourth-order valence-electron chi connectivity index (χ4n) is 2.23. The summed E-state index contributed by atoms with van der Waals surface area (Å²) in [6.07, 6.45) is 3.69. The predicted molar refractivity (Wildman–Crippen MR) is 81.9 cm³/mol. The monoisotopic (exact) mass is 285 g/mol. The lowest BCUT2D eigenvalue weighted by atomic mass is 10.1.